The van der Waals surface area contributed by atoms with Crippen LogP contribution >= 0.6 is 11.8 Å². The number of thioether (sulfide) groups is 1. The van der Waals surface area contributed by atoms with E-state index in [-0.39, 0.29) is 5.91 Å². The highest BCUT2D eigenvalue weighted by molar-refractivity contribution is 7.98. The predicted octanol–water partition coefficient (Wildman–Crippen LogP) is 4.77. The van der Waals surface area contributed by atoms with E-state index in [1.807, 2.05) is 78.9 Å². The van der Waals surface area contributed by atoms with Crippen LogP contribution in [-0.2, 0) is 12.2 Å². The van der Waals surface area contributed by atoms with E-state index in [1.165, 1.54) is 5.56 Å². The highest BCUT2D eigenvalue weighted by Crippen LogP contribution is 2.23. The summed E-state index contributed by atoms with van der Waals surface area (Å²) in [5.74, 6) is 0.583. The zero-order valence-electron chi connectivity index (χ0n) is 16.5. The highest BCUT2D eigenvalue weighted by Gasteiger charge is 2.10. The molecular formula is C23H21N5OS. The Balaban J connectivity index is 1.37. The van der Waals surface area contributed by atoms with Crippen molar-refractivity contribution >= 4 is 23.4 Å². The van der Waals surface area contributed by atoms with Gasteiger partial charge in [-0.2, -0.15) is 4.68 Å². The number of tetrazole rings is 1. The monoisotopic (exact) mass is 415 g/mol. The van der Waals surface area contributed by atoms with Gasteiger partial charge in [0.05, 0.1) is 5.69 Å². The topological polar surface area (TPSA) is 72.7 Å². The second kappa shape index (κ2) is 9.37. The quantitative estimate of drug-likeness (QED) is 0.440. The van der Waals surface area contributed by atoms with Gasteiger partial charge in [0.25, 0.3) is 5.91 Å². The SMILES string of the molecule is CCc1ccc(NC(=O)c2ccc(CSc3nnnn3-c3ccccc3)cc2)cc1. The number of carbonyl (C=O) groups is 1. The molecule has 0 aliphatic rings. The third kappa shape index (κ3) is 4.75. The van der Waals surface area contributed by atoms with Crippen LogP contribution in [0, 0.1) is 0 Å². The van der Waals surface area contributed by atoms with Gasteiger partial charge in [-0.25, -0.2) is 0 Å². The molecule has 0 aliphatic heterocycles. The van der Waals surface area contributed by atoms with Crippen LogP contribution in [0.5, 0.6) is 0 Å². The molecule has 4 aromatic rings. The molecule has 150 valence electrons. The average molecular weight is 416 g/mol. The number of para-hydroxylation sites is 1. The lowest BCUT2D eigenvalue weighted by Crippen LogP contribution is -2.11. The van der Waals surface area contributed by atoms with Crippen LogP contribution in [0.2, 0.25) is 0 Å². The number of rotatable bonds is 7. The van der Waals surface area contributed by atoms with Crippen LogP contribution in [0.1, 0.15) is 28.4 Å². The summed E-state index contributed by atoms with van der Waals surface area (Å²) in [6, 6.07) is 25.3. The Hall–Kier alpha value is -3.45. The maximum atomic E-state index is 12.5. The van der Waals surface area contributed by atoms with E-state index < -0.39 is 0 Å². The molecule has 3 aromatic carbocycles. The van der Waals surface area contributed by atoms with Gasteiger partial charge in [0, 0.05) is 17.0 Å². The van der Waals surface area contributed by atoms with Crippen molar-refractivity contribution in [3.05, 3.63) is 95.6 Å². The fourth-order valence-corrected chi connectivity index (χ4v) is 3.77. The fraction of sp³-hybridized carbons (Fsp3) is 0.130. The molecule has 0 radical (unpaired) electrons. The van der Waals surface area contributed by atoms with E-state index in [0.717, 1.165) is 28.5 Å². The van der Waals surface area contributed by atoms with Crippen molar-refractivity contribution in [3.8, 4) is 5.69 Å². The van der Waals surface area contributed by atoms with Gasteiger partial charge in [0.2, 0.25) is 5.16 Å². The van der Waals surface area contributed by atoms with E-state index in [1.54, 1.807) is 16.4 Å². The number of aromatic nitrogens is 4. The van der Waals surface area contributed by atoms with Crippen LogP contribution in [0.25, 0.3) is 5.69 Å². The summed E-state index contributed by atoms with van der Waals surface area (Å²) in [6.45, 7) is 2.11. The van der Waals surface area contributed by atoms with Gasteiger partial charge in [-0.05, 0) is 64.4 Å². The van der Waals surface area contributed by atoms with Crippen molar-refractivity contribution in [2.45, 2.75) is 24.3 Å². The molecule has 1 aromatic heterocycles. The van der Waals surface area contributed by atoms with Gasteiger partial charge in [-0.1, -0.05) is 61.2 Å². The van der Waals surface area contributed by atoms with Crippen molar-refractivity contribution in [2.75, 3.05) is 5.32 Å². The first-order valence-corrected chi connectivity index (χ1v) is 10.7. The van der Waals surface area contributed by atoms with Gasteiger partial charge < -0.3 is 5.32 Å². The number of hydrogen-bond acceptors (Lipinski definition) is 5. The minimum Gasteiger partial charge on any atom is -0.322 e. The van der Waals surface area contributed by atoms with Crippen molar-refractivity contribution < 1.29 is 4.79 Å². The molecule has 0 fully saturated rings. The third-order valence-electron chi connectivity index (χ3n) is 4.65. The Morgan fingerprint density at radius 3 is 2.33 bits per heavy atom. The van der Waals surface area contributed by atoms with Crippen LogP contribution in [0.3, 0.4) is 0 Å². The largest absolute Gasteiger partial charge is 0.322 e. The molecule has 0 bridgehead atoms. The molecule has 0 aliphatic carbocycles. The number of nitrogens with one attached hydrogen (secondary N) is 1. The summed E-state index contributed by atoms with van der Waals surface area (Å²) in [5.41, 5.74) is 4.67. The second-order valence-corrected chi connectivity index (χ2v) is 7.64. The molecule has 1 amide bonds. The van der Waals surface area contributed by atoms with Crippen LogP contribution < -0.4 is 5.32 Å². The normalized spacial score (nSPS) is 10.7. The zero-order valence-corrected chi connectivity index (χ0v) is 17.3. The number of amides is 1. The highest BCUT2D eigenvalue weighted by atomic mass is 32.2. The predicted molar refractivity (Wildman–Crippen MR) is 119 cm³/mol. The molecule has 1 heterocycles. The van der Waals surface area contributed by atoms with Gasteiger partial charge in [0.15, 0.2) is 0 Å². The average Bonchev–Trinajstić information content (AvgIpc) is 3.28. The molecule has 30 heavy (non-hydrogen) atoms. The summed E-state index contributed by atoms with van der Waals surface area (Å²) in [5, 5.41) is 15.6. The Bertz CT molecular complexity index is 1110. The van der Waals surface area contributed by atoms with Crippen LogP contribution in [0.4, 0.5) is 5.69 Å². The number of nitrogens with zero attached hydrogens (tertiary/aromatic N) is 4. The molecule has 0 atom stereocenters. The van der Waals surface area contributed by atoms with Gasteiger partial charge in [0.1, 0.15) is 0 Å². The summed E-state index contributed by atoms with van der Waals surface area (Å²) >= 11 is 1.55. The third-order valence-corrected chi connectivity index (χ3v) is 5.64. The Labute approximate surface area is 179 Å². The zero-order chi connectivity index (χ0) is 20.8. The summed E-state index contributed by atoms with van der Waals surface area (Å²) < 4.78 is 1.72. The minimum absolute atomic E-state index is 0.119. The molecule has 4 rings (SSSR count). The summed E-state index contributed by atoms with van der Waals surface area (Å²) in [6.07, 6.45) is 0.978. The smallest absolute Gasteiger partial charge is 0.255 e. The lowest BCUT2D eigenvalue weighted by atomic mass is 10.1. The van der Waals surface area contributed by atoms with Crippen molar-refractivity contribution in [2.24, 2.45) is 0 Å². The summed E-state index contributed by atoms with van der Waals surface area (Å²) in [7, 11) is 0. The van der Waals surface area contributed by atoms with E-state index in [2.05, 4.69) is 27.8 Å². The fourth-order valence-electron chi connectivity index (χ4n) is 2.93. The molecule has 7 heteroatoms. The van der Waals surface area contributed by atoms with Crippen molar-refractivity contribution in [3.63, 3.8) is 0 Å². The van der Waals surface area contributed by atoms with Crippen molar-refractivity contribution in [1.29, 1.82) is 0 Å². The molecule has 0 saturated carbocycles. The van der Waals surface area contributed by atoms with E-state index in [0.29, 0.717) is 11.3 Å². The lowest BCUT2D eigenvalue weighted by molar-refractivity contribution is 0.102. The molecule has 0 unspecified atom stereocenters. The first-order valence-electron chi connectivity index (χ1n) is 9.69. The van der Waals surface area contributed by atoms with Crippen LogP contribution in [-0.4, -0.2) is 26.1 Å². The molecule has 0 saturated heterocycles. The standard InChI is InChI=1S/C23H21N5OS/c1-2-17-10-14-20(15-11-17)24-22(29)19-12-8-18(9-13-19)16-30-23-25-26-27-28(23)21-6-4-3-5-7-21/h3-15H,2,16H2,1H3,(H,24,29). The van der Waals surface area contributed by atoms with Gasteiger partial charge in [-0.3, -0.25) is 4.79 Å². The van der Waals surface area contributed by atoms with Gasteiger partial charge >= 0.3 is 0 Å². The van der Waals surface area contributed by atoms with E-state index >= 15 is 0 Å². The van der Waals surface area contributed by atoms with Crippen LogP contribution in [0.15, 0.2) is 84.0 Å². The molecular weight excluding hydrogens is 394 g/mol. The lowest BCUT2D eigenvalue weighted by Gasteiger charge is -2.07. The Morgan fingerprint density at radius 2 is 1.63 bits per heavy atom. The number of anilines is 1. The second-order valence-electron chi connectivity index (χ2n) is 6.70. The number of aryl methyl sites for hydroxylation is 1. The molecule has 0 spiro atoms. The maximum absolute atomic E-state index is 12.5. The van der Waals surface area contributed by atoms with E-state index in [4.69, 9.17) is 0 Å². The molecule has 6 nitrogen and oxygen atoms in total. The maximum Gasteiger partial charge on any atom is 0.255 e. The first-order chi connectivity index (χ1) is 14.7. The number of benzene rings is 3. The summed E-state index contributed by atoms with van der Waals surface area (Å²) in [4.78, 5) is 12.5. The number of carbonyl (C=O) groups excluding carboxylic acids is 1. The van der Waals surface area contributed by atoms with E-state index in [9.17, 15) is 4.79 Å². The number of hydrogen-bond donors (Lipinski definition) is 1. The Kier molecular flexibility index (Phi) is 6.20. The molecule has 1 N–H and O–H groups in total. The van der Waals surface area contributed by atoms with Crippen molar-refractivity contribution in [1.82, 2.24) is 20.2 Å². The minimum atomic E-state index is -0.119. The van der Waals surface area contributed by atoms with Gasteiger partial charge in [-0.15, -0.1) is 5.10 Å². The first kappa shape index (κ1) is 19.8. The Morgan fingerprint density at radius 1 is 0.933 bits per heavy atom.